The zero-order valence-electron chi connectivity index (χ0n) is 7.92. The summed E-state index contributed by atoms with van der Waals surface area (Å²) in [6.07, 6.45) is 1.09. The summed E-state index contributed by atoms with van der Waals surface area (Å²) < 4.78 is 26.4. The number of benzene rings is 1. The first-order chi connectivity index (χ1) is 7.65. The number of nitrogens with zero attached hydrogens (tertiary/aromatic N) is 2. The van der Waals surface area contributed by atoms with Crippen molar-refractivity contribution >= 4 is 27.4 Å². The van der Waals surface area contributed by atoms with Crippen molar-refractivity contribution in [2.45, 2.75) is 0 Å². The Hall–Kier alpha value is -1.56. The zero-order valence-corrected chi connectivity index (χ0v) is 9.50. The third kappa shape index (κ3) is 2.52. The van der Waals surface area contributed by atoms with Crippen LogP contribution in [0.1, 0.15) is 0 Å². The Morgan fingerprint density at radius 2 is 1.94 bits per heavy atom. The molecule has 2 rings (SSSR count). The molecule has 0 amide bonds. The summed E-state index contributed by atoms with van der Waals surface area (Å²) in [6.45, 7) is 0. The predicted molar refractivity (Wildman–Crippen MR) is 59.4 cm³/mol. The first kappa shape index (κ1) is 10.9. The van der Waals surface area contributed by atoms with Crippen LogP contribution in [-0.4, -0.2) is 9.97 Å². The summed E-state index contributed by atoms with van der Waals surface area (Å²) in [4.78, 5) is 7.12. The molecule has 0 unspecified atom stereocenters. The maximum atomic E-state index is 13.0. The monoisotopic (exact) mass is 285 g/mol. The van der Waals surface area contributed by atoms with Crippen molar-refractivity contribution in [3.05, 3.63) is 46.8 Å². The SMILES string of the molecule is Fc1ccc(Br)c(Nc2cc(F)ncn2)c1. The molecule has 0 aliphatic rings. The molecule has 0 atom stereocenters. The fourth-order valence-electron chi connectivity index (χ4n) is 1.13. The standard InChI is InChI=1S/C10H6BrF2N3/c11-7-2-1-6(12)3-8(7)16-10-4-9(13)14-5-15-10/h1-5H,(H,14,15,16). The molecule has 82 valence electrons. The van der Waals surface area contributed by atoms with Crippen molar-refractivity contribution in [1.29, 1.82) is 0 Å². The number of anilines is 2. The number of halogens is 3. The maximum absolute atomic E-state index is 13.0. The van der Waals surface area contributed by atoms with Crippen molar-refractivity contribution in [3.8, 4) is 0 Å². The molecular weight excluding hydrogens is 280 g/mol. The third-order valence-corrected chi connectivity index (χ3v) is 2.52. The van der Waals surface area contributed by atoms with E-state index in [9.17, 15) is 8.78 Å². The largest absolute Gasteiger partial charge is 0.339 e. The highest BCUT2D eigenvalue weighted by atomic mass is 79.9. The summed E-state index contributed by atoms with van der Waals surface area (Å²) in [6, 6.07) is 5.27. The Bertz CT molecular complexity index is 519. The summed E-state index contributed by atoms with van der Waals surface area (Å²) in [5.41, 5.74) is 0.470. The van der Waals surface area contributed by atoms with Crippen LogP contribution in [0.15, 0.2) is 35.1 Å². The van der Waals surface area contributed by atoms with Gasteiger partial charge in [0.05, 0.1) is 5.69 Å². The minimum absolute atomic E-state index is 0.263. The molecule has 3 nitrogen and oxygen atoms in total. The molecule has 0 spiro atoms. The van der Waals surface area contributed by atoms with Crippen LogP contribution in [-0.2, 0) is 0 Å². The van der Waals surface area contributed by atoms with Crippen LogP contribution in [0.2, 0.25) is 0 Å². The van der Waals surface area contributed by atoms with Crippen LogP contribution in [0.5, 0.6) is 0 Å². The highest BCUT2D eigenvalue weighted by Gasteiger charge is 2.03. The highest BCUT2D eigenvalue weighted by molar-refractivity contribution is 9.10. The van der Waals surface area contributed by atoms with E-state index >= 15 is 0 Å². The van der Waals surface area contributed by atoms with E-state index in [0.29, 0.717) is 10.2 Å². The summed E-state index contributed by atoms with van der Waals surface area (Å²) in [5, 5.41) is 2.78. The molecule has 2 aromatic rings. The Morgan fingerprint density at radius 1 is 1.12 bits per heavy atom. The lowest BCUT2D eigenvalue weighted by molar-refractivity contribution is 0.580. The molecule has 1 aromatic heterocycles. The van der Waals surface area contributed by atoms with Gasteiger partial charge >= 0.3 is 0 Å². The molecule has 0 bridgehead atoms. The van der Waals surface area contributed by atoms with Gasteiger partial charge in [0.1, 0.15) is 18.0 Å². The van der Waals surface area contributed by atoms with E-state index < -0.39 is 5.95 Å². The average Bonchev–Trinajstić information content (AvgIpc) is 2.24. The molecule has 0 aliphatic carbocycles. The lowest BCUT2D eigenvalue weighted by Gasteiger charge is -2.07. The van der Waals surface area contributed by atoms with E-state index in [4.69, 9.17) is 0 Å². The smallest absolute Gasteiger partial charge is 0.218 e. The van der Waals surface area contributed by atoms with Crippen LogP contribution in [0.4, 0.5) is 20.3 Å². The van der Waals surface area contributed by atoms with Gasteiger partial charge in [0.2, 0.25) is 5.95 Å². The first-order valence-electron chi connectivity index (χ1n) is 4.35. The summed E-state index contributed by atoms with van der Waals surface area (Å²) >= 11 is 3.24. The van der Waals surface area contributed by atoms with Gasteiger partial charge in [-0.05, 0) is 34.1 Å². The molecule has 0 fully saturated rings. The minimum Gasteiger partial charge on any atom is -0.339 e. The molecule has 16 heavy (non-hydrogen) atoms. The molecule has 0 aliphatic heterocycles. The number of rotatable bonds is 2. The van der Waals surface area contributed by atoms with E-state index in [1.54, 1.807) is 6.07 Å². The van der Waals surface area contributed by atoms with E-state index in [2.05, 4.69) is 31.2 Å². The van der Waals surface area contributed by atoms with Crippen LogP contribution in [0.3, 0.4) is 0 Å². The van der Waals surface area contributed by atoms with Crippen LogP contribution in [0, 0.1) is 11.8 Å². The molecule has 0 saturated carbocycles. The molecule has 6 heteroatoms. The lowest BCUT2D eigenvalue weighted by atomic mass is 10.3. The fraction of sp³-hybridized carbons (Fsp3) is 0. The topological polar surface area (TPSA) is 37.8 Å². The highest BCUT2D eigenvalue weighted by Crippen LogP contribution is 2.25. The lowest BCUT2D eigenvalue weighted by Crippen LogP contribution is -1.96. The Balaban J connectivity index is 2.30. The van der Waals surface area contributed by atoms with E-state index in [-0.39, 0.29) is 11.6 Å². The Labute approximate surface area is 98.7 Å². The Kier molecular flexibility index (Phi) is 3.09. The molecular formula is C10H6BrF2N3. The molecule has 0 radical (unpaired) electrons. The van der Waals surface area contributed by atoms with E-state index in [0.717, 1.165) is 12.4 Å². The van der Waals surface area contributed by atoms with Crippen molar-refractivity contribution in [2.24, 2.45) is 0 Å². The van der Waals surface area contributed by atoms with Crippen LogP contribution < -0.4 is 5.32 Å². The zero-order chi connectivity index (χ0) is 11.5. The van der Waals surface area contributed by atoms with Crippen LogP contribution in [0.25, 0.3) is 0 Å². The number of nitrogens with one attached hydrogen (secondary N) is 1. The molecule has 0 saturated heterocycles. The summed E-state index contributed by atoms with van der Waals surface area (Å²) in [5.74, 6) is -0.774. The predicted octanol–water partition coefficient (Wildman–Crippen LogP) is 3.26. The minimum atomic E-state index is -0.648. The average molecular weight is 286 g/mol. The fourth-order valence-corrected chi connectivity index (χ4v) is 1.48. The van der Waals surface area contributed by atoms with Gasteiger partial charge in [-0.25, -0.2) is 14.4 Å². The normalized spacial score (nSPS) is 10.2. The molecule has 1 N–H and O–H groups in total. The van der Waals surface area contributed by atoms with Gasteiger partial charge in [-0.15, -0.1) is 0 Å². The quantitative estimate of drug-likeness (QED) is 0.861. The van der Waals surface area contributed by atoms with Gasteiger partial charge in [-0.1, -0.05) is 0 Å². The van der Waals surface area contributed by atoms with Gasteiger partial charge in [-0.3, -0.25) is 0 Å². The van der Waals surface area contributed by atoms with Crippen molar-refractivity contribution in [2.75, 3.05) is 5.32 Å². The summed E-state index contributed by atoms with van der Waals surface area (Å²) in [7, 11) is 0. The molecule has 1 heterocycles. The third-order valence-electron chi connectivity index (χ3n) is 1.82. The van der Waals surface area contributed by atoms with Gasteiger partial charge in [-0.2, -0.15) is 4.39 Å². The molecule has 1 aromatic carbocycles. The number of hydrogen-bond acceptors (Lipinski definition) is 3. The second-order valence-electron chi connectivity index (χ2n) is 2.98. The van der Waals surface area contributed by atoms with Crippen molar-refractivity contribution < 1.29 is 8.78 Å². The number of aromatic nitrogens is 2. The van der Waals surface area contributed by atoms with E-state index in [1.807, 2.05) is 0 Å². The second kappa shape index (κ2) is 4.52. The van der Waals surface area contributed by atoms with Gasteiger partial charge in [0, 0.05) is 10.5 Å². The Morgan fingerprint density at radius 3 is 2.69 bits per heavy atom. The number of hydrogen-bond donors (Lipinski definition) is 1. The van der Waals surface area contributed by atoms with Gasteiger partial charge in [0.25, 0.3) is 0 Å². The maximum Gasteiger partial charge on any atom is 0.218 e. The van der Waals surface area contributed by atoms with Crippen LogP contribution >= 0.6 is 15.9 Å². The van der Waals surface area contributed by atoms with E-state index in [1.165, 1.54) is 12.1 Å². The van der Waals surface area contributed by atoms with Crippen molar-refractivity contribution in [3.63, 3.8) is 0 Å². The van der Waals surface area contributed by atoms with Gasteiger partial charge in [0.15, 0.2) is 0 Å². The van der Waals surface area contributed by atoms with Crippen molar-refractivity contribution in [1.82, 2.24) is 9.97 Å². The first-order valence-corrected chi connectivity index (χ1v) is 5.14. The van der Waals surface area contributed by atoms with Gasteiger partial charge < -0.3 is 5.32 Å². The second-order valence-corrected chi connectivity index (χ2v) is 3.83.